The van der Waals surface area contributed by atoms with Gasteiger partial charge in [-0.3, -0.25) is 14.5 Å². The molecule has 0 radical (unpaired) electrons. The molecule has 0 aliphatic carbocycles. The van der Waals surface area contributed by atoms with Crippen molar-refractivity contribution in [2.75, 3.05) is 0 Å². The van der Waals surface area contributed by atoms with Gasteiger partial charge in [0.15, 0.2) is 5.82 Å². The van der Waals surface area contributed by atoms with Crippen molar-refractivity contribution < 1.29 is 9.59 Å². The minimum atomic E-state index is -0.173. The largest absolute Gasteiger partial charge is 0.275 e. The van der Waals surface area contributed by atoms with Crippen LogP contribution in [0.5, 0.6) is 0 Å². The van der Waals surface area contributed by atoms with Crippen LogP contribution in [0, 0.1) is 13.8 Å². The number of thiophene rings is 1. The highest BCUT2D eigenvalue weighted by molar-refractivity contribution is 7.18. The fourth-order valence-corrected chi connectivity index (χ4v) is 3.69. The number of aryl methyl sites for hydroxylation is 2. The molecule has 3 rings (SSSR count). The predicted octanol–water partition coefficient (Wildman–Crippen LogP) is 2.61. The first kappa shape index (κ1) is 13.5. The molecule has 20 heavy (non-hydrogen) atoms. The lowest BCUT2D eigenvalue weighted by atomic mass is 10.2. The molecule has 0 N–H and O–H groups in total. The van der Waals surface area contributed by atoms with Gasteiger partial charge in [0.05, 0.1) is 11.9 Å². The predicted molar refractivity (Wildman–Crippen MR) is 76.7 cm³/mol. The first-order chi connectivity index (χ1) is 9.47. The van der Waals surface area contributed by atoms with Gasteiger partial charge in [-0.25, -0.2) is 9.97 Å². The van der Waals surface area contributed by atoms with Crippen LogP contribution >= 0.6 is 22.9 Å². The maximum atomic E-state index is 11.6. The molecule has 1 saturated heterocycles. The van der Waals surface area contributed by atoms with Crippen molar-refractivity contribution in [1.29, 1.82) is 0 Å². The molecule has 1 aliphatic rings. The summed E-state index contributed by atoms with van der Waals surface area (Å²) in [6, 6.07) is 0. The van der Waals surface area contributed by atoms with E-state index in [0.717, 1.165) is 20.7 Å². The van der Waals surface area contributed by atoms with E-state index in [9.17, 15) is 9.59 Å². The Morgan fingerprint density at radius 1 is 1.20 bits per heavy atom. The number of halogens is 1. The lowest BCUT2D eigenvalue weighted by Gasteiger charge is -2.12. The van der Waals surface area contributed by atoms with Crippen molar-refractivity contribution in [2.45, 2.75) is 33.2 Å². The second kappa shape index (κ2) is 4.79. The van der Waals surface area contributed by atoms with Crippen molar-refractivity contribution in [3.05, 3.63) is 21.4 Å². The van der Waals surface area contributed by atoms with Crippen LogP contribution in [-0.4, -0.2) is 26.7 Å². The number of carbonyl (C=O) groups is 2. The maximum absolute atomic E-state index is 11.6. The molecule has 1 fully saturated rings. The Hall–Kier alpha value is -1.53. The van der Waals surface area contributed by atoms with Gasteiger partial charge in [0.2, 0.25) is 11.8 Å². The number of aromatic nitrogens is 2. The summed E-state index contributed by atoms with van der Waals surface area (Å²) in [5.41, 5.74) is 1.08. The molecule has 104 valence electrons. The second-order valence-electron chi connectivity index (χ2n) is 4.77. The molecule has 0 saturated carbocycles. The van der Waals surface area contributed by atoms with Gasteiger partial charge in [0, 0.05) is 17.7 Å². The first-order valence-electron chi connectivity index (χ1n) is 6.22. The molecule has 5 nitrogen and oxygen atoms in total. The summed E-state index contributed by atoms with van der Waals surface area (Å²) in [6.07, 6.45) is 0.540. The summed E-state index contributed by atoms with van der Waals surface area (Å²) in [6.45, 7) is 4.09. The van der Waals surface area contributed by atoms with Gasteiger partial charge in [-0.1, -0.05) is 11.6 Å². The Kier molecular flexibility index (Phi) is 3.22. The van der Waals surface area contributed by atoms with Gasteiger partial charge in [0.25, 0.3) is 0 Å². The lowest BCUT2D eigenvalue weighted by molar-refractivity contribution is -0.139. The Labute approximate surface area is 124 Å². The standard InChI is InChI=1S/C13H12ClN3O2S/c1-6-7(2)20-13-11(6)12(14)15-8(16-13)5-17-9(18)3-4-10(17)19/h3-5H2,1-2H3. The first-order valence-corrected chi connectivity index (χ1v) is 7.42. The van der Waals surface area contributed by atoms with Crippen molar-refractivity contribution in [3.8, 4) is 0 Å². The second-order valence-corrected chi connectivity index (χ2v) is 6.33. The van der Waals surface area contributed by atoms with Crippen LogP contribution < -0.4 is 0 Å². The number of fused-ring (bicyclic) bond motifs is 1. The summed E-state index contributed by atoms with van der Waals surface area (Å²) in [7, 11) is 0. The smallest absolute Gasteiger partial charge is 0.230 e. The summed E-state index contributed by atoms with van der Waals surface area (Å²) in [5, 5.41) is 1.24. The number of likely N-dealkylation sites (tertiary alicyclic amines) is 1. The quantitative estimate of drug-likeness (QED) is 0.632. The molecular formula is C13H12ClN3O2S. The molecular weight excluding hydrogens is 298 g/mol. The number of hydrogen-bond acceptors (Lipinski definition) is 5. The van der Waals surface area contributed by atoms with E-state index in [0.29, 0.717) is 11.0 Å². The van der Waals surface area contributed by atoms with Crippen molar-refractivity contribution in [2.24, 2.45) is 0 Å². The molecule has 0 spiro atoms. The third-order valence-electron chi connectivity index (χ3n) is 3.49. The van der Waals surface area contributed by atoms with E-state index in [1.807, 2.05) is 13.8 Å². The van der Waals surface area contributed by atoms with Gasteiger partial charge in [-0.05, 0) is 19.4 Å². The third kappa shape index (κ3) is 2.09. The fourth-order valence-electron chi connectivity index (χ4n) is 2.25. The number of amides is 2. The van der Waals surface area contributed by atoms with Crippen LogP contribution in [0.1, 0.15) is 29.1 Å². The monoisotopic (exact) mass is 309 g/mol. The molecule has 0 atom stereocenters. The zero-order valence-corrected chi connectivity index (χ0v) is 12.6. The molecule has 0 bridgehead atoms. The highest BCUT2D eigenvalue weighted by Gasteiger charge is 2.29. The molecule has 2 amide bonds. The number of imide groups is 1. The van der Waals surface area contributed by atoms with Crippen LogP contribution in [-0.2, 0) is 16.1 Å². The average molecular weight is 310 g/mol. The molecule has 1 aliphatic heterocycles. The van der Waals surface area contributed by atoms with Gasteiger partial charge < -0.3 is 0 Å². The van der Waals surface area contributed by atoms with E-state index in [4.69, 9.17) is 11.6 Å². The highest BCUT2D eigenvalue weighted by atomic mass is 35.5. The summed E-state index contributed by atoms with van der Waals surface area (Å²) in [4.78, 5) is 35.0. The van der Waals surface area contributed by atoms with Crippen LogP contribution in [0.3, 0.4) is 0 Å². The maximum Gasteiger partial charge on any atom is 0.230 e. The molecule has 0 aromatic carbocycles. The number of rotatable bonds is 2. The van der Waals surface area contributed by atoms with E-state index in [2.05, 4.69) is 9.97 Å². The molecule has 7 heteroatoms. The van der Waals surface area contributed by atoms with Crippen LogP contribution in [0.4, 0.5) is 0 Å². The number of nitrogens with zero attached hydrogens (tertiary/aromatic N) is 3. The Balaban J connectivity index is 2.01. The van der Waals surface area contributed by atoms with Crippen LogP contribution in [0.2, 0.25) is 5.15 Å². The van der Waals surface area contributed by atoms with Crippen molar-refractivity contribution >= 4 is 45.0 Å². The van der Waals surface area contributed by atoms with E-state index in [-0.39, 0.29) is 31.2 Å². The average Bonchev–Trinajstić information content (AvgIpc) is 2.84. The lowest BCUT2D eigenvalue weighted by Crippen LogP contribution is -2.29. The van der Waals surface area contributed by atoms with Crippen molar-refractivity contribution in [1.82, 2.24) is 14.9 Å². The SMILES string of the molecule is Cc1sc2nc(CN3C(=O)CCC3=O)nc(Cl)c2c1C. The Morgan fingerprint density at radius 2 is 1.85 bits per heavy atom. The molecule has 2 aromatic rings. The van der Waals surface area contributed by atoms with E-state index < -0.39 is 0 Å². The third-order valence-corrected chi connectivity index (χ3v) is 4.86. The van der Waals surface area contributed by atoms with Gasteiger partial charge in [-0.2, -0.15) is 0 Å². The zero-order valence-electron chi connectivity index (χ0n) is 11.1. The molecule has 3 heterocycles. The van der Waals surface area contributed by atoms with Crippen molar-refractivity contribution in [3.63, 3.8) is 0 Å². The Bertz CT molecular complexity index is 725. The minimum absolute atomic E-state index is 0.101. The van der Waals surface area contributed by atoms with Crippen LogP contribution in [0.25, 0.3) is 10.2 Å². The molecule has 2 aromatic heterocycles. The highest BCUT2D eigenvalue weighted by Crippen LogP contribution is 2.33. The van der Waals surface area contributed by atoms with Gasteiger partial charge in [-0.15, -0.1) is 11.3 Å². The van der Waals surface area contributed by atoms with E-state index in [1.165, 1.54) is 4.90 Å². The Morgan fingerprint density at radius 3 is 2.50 bits per heavy atom. The zero-order chi connectivity index (χ0) is 14.4. The number of hydrogen-bond donors (Lipinski definition) is 0. The van der Waals surface area contributed by atoms with Crippen LogP contribution in [0.15, 0.2) is 0 Å². The van der Waals surface area contributed by atoms with E-state index in [1.54, 1.807) is 11.3 Å². The summed E-state index contributed by atoms with van der Waals surface area (Å²) < 4.78 is 0. The topological polar surface area (TPSA) is 63.2 Å². The normalized spacial score (nSPS) is 15.7. The summed E-state index contributed by atoms with van der Waals surface area (Å²) in [5.74, 6) is 0.0640. The molecule has 0 unspecified atom stereocenters. The summed E-state index contributed by atoms with van der Waals surface area (Å²) >= 11 is 7.75. The van der Waals surface area contributed by atoms with Gasteiger partial charge >= 0.3 is 0 Å². The van der Waals surface area contributed by atoms with E-state index >= 15 is 0 Å². The number of carbonyl (C=O) groups excluding carboxylic acids is 2. The fraction of sp³-hybridized carbons (Fsp3) is 0.385. The minimum Gasteiger partial charge on any atom is -0.275 e. The van der Waals surface area contributed by atoms with Gasteiger partial charge in [0.1, 0.15) is 9.98 Å².